The third kappa shape index (κ3) is 6.63. The van der Waals surface area contributed by atoms with Crippen molar-refractivity contribution >= 4 is 34.8 Å². The number of benzene rings is 2. The van der Waals surface area contributed by atoms with Gasteiger partial charge in [0.1, 0.15) is 0 Å². The Kier molecular flexibility index (Phi) is 7.75. The highest BCUT2D eigenvalue weighted by molar-refractivity contribution is 6.33. The molecule has 0 radical (unpaired) electrons. The van der Waals surface area contributed by atoms with Crippen molar-refractivity contribution in [3.63, 3.8) is 0 Å². The fourth-order valence-electron chi connectivity index (χ4n) is 3.03. The molecular formula is C22H24ClN5O3. The quantitative estimate of drug-likeness (QED) is 0.516. The molecule has 31 heavy (non-hydrogen) atoms. The maximum Gasteiger partial charge on any atom is 0.249 e. The highest BCUT2D eigenvalue weighted by atomic mass is 35.5. The molecular weight excluding hydrogens is 418 g/mol. The van der Waals surface area contributed by atoms with Crippen molar-refractivity contribution in [2.24, 2.45) is 0 Å². The minimum Gasteiger partial charge on any atom is -0.419 e. The van der Waals surface area contributed by atoms with Crippen LogP contribution in [0.4, 0.5) is 11.4 Å². The van der Waals surface area contributed by atoms with E-state index in [1.807, 2.05) is 30.0 Å². The largest absolute Gasteiger partial charge is 0.419 e. The van der Waals surface area contributed by atoms with Gasteiger partial charge < -0.3 is 15.1 Å². The second-order valence-electron chi connectivity index (χ2n) is 7.00. The van der Waals surface area contributed by atoms with E-state index in [9.17, 15) is 9.59 Å². The van der Waals surface area contributed by atoms with Crippen LogP contribution in [0.2, 0.25) is 5.02 Å². The lowest BCUT2D eigenvalue weighted by molar-refractivity contribution is -0.117. The second-order valence-corrected chi connectivity index (χ2v) is 7.41. The van der Waals surface area contributed by atoms with Gasteiger partial charge in [-0.05, 0) is 49.4 Å². The summed E-state index contributed by atoms with van der Waals surface area (Å²) in [5.41, 5.74) is 1.99. The predicted molar refractivity (Wildman–Crippen MR) is 120 cm³/mol. The van der Waals surface area contributed by atoms with E-state index in [1.165, 1.54) is 6.92 Å². The van der Waals surface area contributed by atoms with Crippen LogP contribution >= 0.6 is 11.6 Å². The SMILES string of the molecule is CCCN(CC(=O)Nc1ccc(NC(C)=O)cc1)Cc1nnc(-c2ccccc2Cl)o1. The van der Waals surface area contributed by atoms with E-state index in [4.69, 9.17) is 16.0 Å². The predicted octanol–water partition coefficient (Wildman–Crippen LogP) is 4.20. The smallest absolute Gasteiger partial charge is 0.249 e. The summed E-state index contributed by atoms with van der Waals surface area (Å²) in [6, 6.07) is 14.2. The molecule has 0 saturated heterocycles. The van der Waals surface area contributed by atoms with E-state index in [0.29, 0.717) is 46.8 Å². The zero-order chi connectivity index (χ0) is 22.2. The summed E-state index contributed by atoms with van der Waals surface area (Å²) in [4.78, 5) is 25.5. The molecule has 0 unspecified atom stereocenters. The molecule has 2 N–H and O–H groups in total. The maximum absolute atomic E-state index is 12.5. The molecule has 3 rings (SSSR count). The number of amides is 2. The molecule has 0 atom stereocenters. The molecule has 0 saturated carbocycles. The number of rotatable bonds is 9. The highest BCUT2D eigenvalue weighted by Crippen LogP contribution is 2.26. The lowest BCUT2D eigenvalue weighted by atomic mass is 10.2. The number of nitrogens with one attached hydrogen (secondary N) is 2. The number of hydrogen-bond acceptors (Lipinski definition) is 6. The van der Waals surface area contributed by atoms with Gasteiger partial charge in [-0.3, -0.25) is 14.5 Å². The number of carbonyl (C=O) groups is 2. The molecule has 0 fully saturated rings. The zero-order valence-electron chi connectivity index (χ0n) is 17.4. The van der Waals surface area contributed by atoms with Gasteiger partial charge in [0.15, 0.2) is 0 Å². The Balaban J connectivity index is 1.60. The molecule has 0 aliphatic carbocycles. The lowest BCUT2D eigenvalue weighted by Gasteiger charge is -2.19. The van der Waals surface area contributed by atoms with Gasteiger partial charge in [0, 0.05) is 18.3 Å². The van der Waals surface area contributed by atoms with Crippen LogP contribution in [0.5, 0.6) is 0 Å². The number of halogens is 1. The van der Waals surface area contributed by atoms with Crippen LogP contribution in [-0.2, 0) is 16.1 Å². The molecule has 8 nitrogen and oxygen atoms in total. The Hall–Kier alpha value is -3.23. The molecule has 2 amide bonds. The number of hydrogen-bond donors (Lipinski definition) is 2. The first kappa shape index (κ1) is 22.5. The van der Waals surface area contributed by atoms with Gasteiger partial charge in [0.25, 0.3) is 0 Å². The standard InChI is InChI=1S/C22H24ClN5O3/c1-3-12-28(13-20(30)25-17-10-8-16(9-11-17)24-15(2)29)14-21-26-27-22(31-21)18-6-4-5-7-19(18)23/h4-11H,3,12-14H2,1-2H3,(H,24,29)(H,25,30). The molecule has 1 heterocycles. The van der Waals surface area contributed by atoms with Crippen LogP contribution in [0, 0.1) is 0 Å². The summed E-state index contributed by atoms with van der Waals surface area (Å²) in [5, 5.41) is 14.3. The van der Waals surface area contributed by atoms with Gasteiger partial charge in [0.05, 0.1) is 23.7 Å². The summed E-state index contributed by atoms with van der Waals surface area (Å²) in [6.07, 6.45) is 0.865. The van der Waals surface area contributed by atoms with Crippen molar-refractivity contribution < 1.29 is 14.0 Å². The maximum atomic E-state index is 12.5. The van der Waals surface area contributed by atoms with Crippen LogP contribution in [0.3, 0.4) is 0 Å². The summed E-state index contributed by atoms with van der Waals surface area (Å²) < 4.78 is 5.76. The molecule has 3 aromatic rings. The van der Waals surface area contributed by atoms with Gasteiger partial charge >= 0.3 is 0 Å². The number of anilines is 2. The van der Waals surface area contributed by atoms with E-state index < -0.39 is 0 Å². The van der Waals surface area contributed by atoms with E-state index in [0.717, 1.165) is 6.42 Å². The summed E-state index contributed by atoms with van der Waals surface area (Å²) in [6.45, 7) is 4.69. The average Bonchev–Trinajstić information content (AvgIpc) is 3.18. The van der Waals surface area contributed by atoms with E-state index >= 15 is 0 Å². The van der Waals surface area contributed by atoms with E-state index in [-0.39, 0.29) is 18.4 Å². The minimum atomic E-state index is -0.161. The first-order chi connectivity index (χ1) is 14.9. The molecule has 0 aliphatic heterocycles. The molecule has 0 bridgehead atoms. The molecule has 1 aromatic heterocycles. The van der Waals surface area contributed by atoms with Gasteiger partial charge in [-0.2, -0.15) is 0 Å². The second kappa shape index (κ2) is 10.7. The van der Waals surface area contributed by atoms with Crippen molar-refractivity contribution in [3.05, 3.63) is 59.4 Å². The Bertz CT molecular complexity index is 1040. The zero-order valence-corrected chi connectivity index (χ0v) is 18.1. The first-order valence-corrected chi connectivity index (χ1v) is 10.3. The van der Waals surface area contributed by atoms with Crippen molar-refractivity contribution in [1.82, 2.24) is 15.1 Å². The third-order valence-corrected chi connectivity index (χ3v) is 4.66. The summed E-state index contributed by atoms with van der Waals surface area (Å²) >= 11 is 6.19. The van der Waals surface area contributed by atoms with Crippen LogP contribution < -0.4 is 10.6 Å². The highest BCUT2D eigenvalue weighted by Gasteiger charge is 2.16. The monoisotopic (exact) mass is 441 g/mol. The fourth-order valence-corrected chi connectivity index (χ4v) is 3.24. The van der Waals surface area contributed by atoms with Crippen molar-refractivity contribution in [1.29, 1.82) is 0 Å². The van der Waals surface area contributed by atoms with Crippen LogP contribution in [0.15, 0.2) is 52.9 Å². The molecule has 2 aromatic carbocycles. The van der Waals surface area contributed by atoms with Crippen LogP contribution in [0.1, 0.15) is 26.2 Å². The Labute approximate surface area is 185 Å². The van der Waals surface area contributed by atoms with E-state index in [2.05, 4.69) is 20.8 Å². The molecule has 162 valence electrons. The Morgan fingerprint density at radius 3 is 2.35 bits per heavy atom. The average molecular weight is 442 g/mol. The summed E-state index contributed by atoms with van der Waals surface area (Å²) in [7, 11) is 0. The lowest BCUT2D eigenvalue weighted by Crippen LogP contribution is -2.33. The van der Waals surface area contributed by atoms with Crippen LogP contribution in [0.25, 0.3) is 11.5 Å². The van der Waals surface area contributed by atoms with Gasteiger partial charge in [-0.15, -0.1) is 10.2 Å². The van der Waals surface area contributed by atoms with Crippen molar-refractivity contribution in [2.45, 2.75) is 26.8 Å². The third-order valence-electron chi connectivity index (χ3n) is 4.33. The van der Waals surface area contributed by atoms with Gasteiger partial charge in [-0.25, -0.2) is 0 Å². The topological polar surface area (TPSA) is 100 Å². The van der Waals surface area contributed by atoms with Crippen molar-refractivity contribution in [2.75, 3.05) is 23.7 Å². The normalized spacial score (nSPS) is 10.8. The van der Waals surface area contributed by atoms with Crippen LogP contribution in [-0.4, -0.2) is 40.0 Å². The molecule has 9 heteroatoms. The molecule has 0 aliphatic rings. The minimum absolute atomic E-state index is 0.147. The summed E-state index contributed by atoms with van der Waals surface area (Å²) in [5.74, 6) is 0.453. The van der Waals surface area contributed by atoms with E-state index in [1.54, 1.807) is 30.3 Å². The number of aromatic nitrogens is 2. The fraction of sp³-hybridized carbons (Fsp3) is 0.273. The Morgan fingerprint density at radius 1 is 1.03 bits per heavy atom. The number of carbonyl (C=O) groups excluding carboxylic acids is 2. The first-order valence-electron chi connectivity index (χ1n) is 9.91. The Morgan fingerprint density at radius 2 is 1.71 bits per heavy atom. The van der Waals surface area contributed by atoms with Gasteiger partial charge in [-0.1, -0.05) is 30.7 Å². The van der Waals surface area contributed by atoms with Gasteiger partial charge in [0.2, 0.25) is 23.6 Å². The van der Waals surface area contributed by atoms with Crippen molar-refractivity contribution in [3.8, 4) is 11.5 Å². The number of nitrogens with zero attached hydrogens (tertiary/aromatic N) is 3. The molecule has 0 spiro atoms.